The third kappa shape index (κ3) is 13.2. The third-order valence-electron chi connectivity index (χ3n) is 4.86. The van der Waals surface area contributed by atoms with E-state index in [1.54, 1.807) is 24.3 Å². The molecule has 15 heteroatoms. The van der Waals surface area contributed by atoms with Gasteiger partial charge in [0, 0.05) is 23.6 Å². The minimum absolute atomic E-state index is 0.0622. The van der Waals surface area contributed by atoms with Crippen LogP contribution in [0.5, 0.6) is 0 Å². The van der Waals surface area contributed by atoms with E-state index in [-0.39, 0.29) is 25.3 Å². The number of alkyl halides is 3. The molecule has 0 aromatic heterocycles. The maximum atomic E-state index is 13.0. The van der Waals surface area contributed by atoms with Crippen molar-refractivity contribution in [3.63, 3.8) is 0 Å². The van der Waals surface area contributed by atoms with Gasteiger partial charge < -0.3 is 32.9 Å². The second kappa shape index (κ2) is 15.8. The van der Waals surface area contributed by atoms with Crippen LogP contribution in [-0.4, -0.2) is 59.6 Å². The number of amides is 3. The molecule has 0 spiro atoms. The van der Waals surface area contributed by atoms with Gasteiger partial charge in [-0.15, -0.1) is 0 Å². The molecule has 2 aromatic rings. The molecule has 0 aliphatic carbocycles. The maximum Gasteiger partial charge on any atom is 0.490 e. The van der Waals surface area contributed by atoms with Crippen molar-refractivity contribution in [3.05, 3.63) is 70.7 Å². The number of hydrogen-bond acceptors (Lipinski definition) is 5. The molecular formula is C24H28ClF3N6O5. The van der Waals surface area contributed by atoms with E-state index >= 15 is 0 Å². The van der Waals surface area contributed by atoms with Crippen LogP contribution in [0.2, 0.25) is 5.02 Å². The minimum atomic E-state index is -5.08. The predicted molar refractivity (Wildman–Crippen MR) is 138 cm³/mol. The van der Waals surface area contributed by atoms with Crippen LogP contribution in [0.4, 0.5) is 13.2 Å². The van der Waals surface area contributed by atoms with Crippen LogP contribution in [0.3, 0.4) is 0 Å². The molecule has 0 fully saturated rings. The number of halogens is 4. The largest absolute Gasteiger partial charge is 0.490 e. The van der Waals surface area contributed by atoms with Crippen molar-refractivity contribution < 1.29 is 37.5 Å². The zero-order valence-corrected chi connectivity index (χ0v) is 21.2. The van der Waals surface area contributed by atoms with Gasteiger partial charge in [-0.2, -0.15) is 13.2 Å². The Labute approximate surface area is 226 Å². The van der Waals surface area contributed by atoms with Gasteiger partial charge in [-0.05, 0) is 42.7 Å². The summed E-state index contributed by atoms with van der Waals surface area (Å²) in [5.41, 5.74) is 17.3. The van der Waals surface area contributed by atoms with E-state index in [0.717, 1.165) is 5.56 Å². The van der Waals surface area contributed by atoms with E-state index in [1.165, 1.54) is 0 Å². The van der Waals surface area contributed by atoms with E-state index in [0.29, 0.717) is 17.0 Å². The fourth-order valence-corrected chi connectivity index (χ4v) is 3.09. The minimum Gasteiger partial charge on any atom is -0.475 e. The molecule has 9 N–H and O–H groups in total. The quantitative estimate of drug-likeness (QED) is 0.132. The van der Waals surface area contributed by atoms with Gasteiger partial charge in [0.15, 0.2) is 5.96 Å². The van der Waals surface area contributed by atoms with Crippen LogP contribution >= 0.6 is 11.6 Å². The van der Waals surface area contributed by atoms with Crippen molar-refractivity contribution in [1.29, 1.82) is 0 Å². The van der Waals surface area contributed by atoms with Crippen molar-refractivity contribution in [2.24, 2.45) is 22.2 Å². The second-order valence-electron chi connectivity index (χ2n) is 7.94. The van der Waals surface area contributed by atoms with Gasteiger partial charge in [-0.25, -0.2) is 4.79 Å². The Bertz CT molecular complexity index is 1140. The molecular weight excluding hydrogens is 545 g/mol. The molecule has 3 amide bonds. The highest BCUT2D eigenvalue weighted by Crippen LogP contribution is 2.13. The molecule has 2 aromatic carbocycles. The molecule has 2 atom stereocenters. The van der Waals surface area contributed by atoms with E-state index in [1.807, 2.05) is 30.3 Å². The Morgan fingerprint density at radius 3 is 1.97 bits per heavy atom. The molecule has 0 aliphatic rings. The molecule has 0 bridgehead atoms. The number of aliphatic imine (C=N–C) groups is 1. The first-order valence-electron chi connectivity index (χ1n) is 11.3. The summed E-state index contributed by atoms with van der Waals surface area (Å²) in [6, 6.07) is 13.6. The van der Waals surface area contributed by atoms with Crippen LogP contribution in [0.1, 0.15) is 28.8 Å². The third-order valence-corrected chi connectivity index (χ3v) is 5.11. The standard InChI is InChI=1S/C22H27ClN6O3.C2HF3O2/c23-16-10-8-15(9-11-16)20(31)28-17(7-4-12-27-22(25)26)21(32)29-18(19(24)30)13-14-5-2-1-3-6-14;3-2(4,5)1(6)7/h1-3,5-6,8-11,17-18H,4,7,12-13H2,(H2,24,30)(H,28,31)(H,29,32)(H4,25,26,27);(H,6,7)/t17-,18-;/m0./s1. The number of nitrogens with one attached hydrogen (secondary N) is 2. The molecule has 0 heterocycles. The lowest BCUT2D eigenvalue weighted by Crippen LogP contribution is -2.53. The van der Waals surface area contributed by atoms with Crippen LogP contribution in [0.15, 0.2) is 59.6 Å². The van der Waals surface area contributed by atoms with Crippen LogP contribution < -0.4 is 27.8 Å². The summed E-state index contributed by atoms with van der Waals surface area (Å²) in [6.45, 7) is 0.284. The summed E-state index contributed by atoms with van der Waals surface area (Å²) >= 11 is 5.86. The zero-order chi connectivity index (χ0) is 29.6. The number of hydrogen-bond donors (Lipinski definition) is 6. The van der Waals surface area contributed by atoms with E-state index < -0.39 is 42.0 Å². The molecule has 0 saturated carbocycles. The lowest BCUT2D eigenvalue weighted by molar-refractivity contribution is -0.192. The van der Waals surface area contributed by atoms with Gasteiger partial charge in [0.25, 0.3) is 5.91 Å². The smallest absolute Gasteiger partial charge is 0.475 e. The predicted octanol–water partition coefficient (Wildman–Crippen LogP) is 1.34. The summed E-state index contributed by atoms with van der Waals surface area (Å²) in [4.78, 5) is 50.3. The number of carbonyl (C=O) groups is 4. The number of nitrogens with zero attached hydrogens (tertiary/aromatic N) is 1. The SMILES string of the molecule is NC(=O)[C@H](Cc1ccccc1)NC(=O)[C@H](CCCN=C(N)N)NC(=O)c1ccc(Cl)cc1.O=C(O)C(F)(F)F. The summed E-state index contributed by atoms with van der Waals surface area (Å²) in [6.07, 6.45) is -4.18. The highest BCUT2D eigenvalue weighted by atomic mass is 35.5. The van der Waals surface area contributed by atoms with Crippen LogP contribution in [0.25, 0.3) is 0 Å². The van der Waals surface area contributed by atoms with Gasteiger partial charge in [0.05, 0.1) is 0 Å². The Kier molecular flexibility index (Phi) is 13.3. The first-order valence-corrected chi connectivity index (χ1v) is 11.6. The molecule has 0 unspecified atom stereocenters. The number of carboxylic acids is 1. The molecule has 2 rings (SSSR count). The van der Waals surface area contributed by atoms with Gasteiger partial charge in [-0.1, -0.05) is 41.9 Å². The van der Waals surface area contributed by atoms with Crippen molar-refractivity contribution in [1.82, 2.24) is 10.6 Å². The molecule has 0 radical (unpaired) electrons. The Hall–Kier alpha value is -4.33. The Balaban J connectivity index is 0.000000956. The number of rotatable bonds is 11. The van der Waals surface area contributed by atoms with Gasteiger partial charge in [-0.3, -0.25) is 19.4 Å². The first-order chi connectivity index (χ1) is 18.2. The van der Waals surface area contributed by atoms with E-state index in [9.17, 15) is 27.6 Å². The number of benzene rings is 2. The Morgan fingerprint density at radius 2 is 1.49 bits per heavy atom. The second-order valence-corrected chi connectivity index (χ2v) is 8.37. The normalized spacial score (nSPS) is 12.1. The number of carboxylic acid groups (broad SMARTS) is 1. The molecule has 11 nitrogen and oxygen atoms in total. The monoisotopic (exact) mass is 572 g/mol. The molecule has 39 heavy (non-hydrogen) atoms. The van der Waals surface area contributed by atoms with E-state index in [4.69, 9.17) is 38.7 Å². The van der Waals surface area contributed by atoms with Gasteiger partial charge in [0.2, 0.25) is 11.8 Å². The fourth-order valence-electron chi connectivity index (χ4n) is 2.96. The van der Waals surface area contributed by atoms with Crippen molar-refractivity contribution in [2.75, 3.05) is 6.54 Å². The fraction of sp³-hybridized carbons (Fsp3) is 0.292. The number of aliphatic carboxylic acids is 1. The topological polar surface area (TPSA) is 203 Å². The van der Waals surface area contributed by atoms with Gasteiger partial charge >= 0.3 is 12.1 Å². The highest BCUT2D eigenvalue weighted by Gasteiger charge is 2.38. The zero-order valence-electron chi connectivity index (χ0n) is 20.5. The number of primary amides is 1. The number of carbonyl (C=O) groups excluding carboxylic acids is 3. The highest BCUT2D eigenvalue weighted by molar-refractivity contribution is 6.30. The molecule has 0 saturated heterocycles. The van der Waals surface area contributed by atoms with Crippen molar-refractivity contribution in [3.8, 4) is 0 Å². The van der Waals surface area contributed by atoms with Crippen LogP contribution in [-0.2, 0) is 20.8 Å². The lowest BCUT2D eigenvalue weighted by Gasteiger charge is -2.22. The number of nitrogens with two attached hydrogens (primary N) is 3. The average molecular weight is 573 g/mol. The molecule has 212 valence electrons. The maximum absolute atomic E-state index is 13.0. The summed E-state index contributed by atoms with van der Waals surface area (Å²) < 4.78 is 31.7. The first kappa shape index (κ1) is 32.7. The number of guanidine groups is 1. The average Bonchev–Trinajstić information content (AvgIpc) is 2.86. The van der Waals surface area contributed by atoms with Crippen LogP contribution in [0, 0.1) is 0 Å². The van der Waals surface area contributed by atoms with Gasteiger partial charge in [0.1, 0.15) is 12.1 Å². The van der Waals surface area contributed by atoms with E-state index in [2.05, 4.69) is 15.6 Å². The summed E-state index contributed by atoms with van der Waals surface area (Å²) in [7, 11) is 0. The summed E-state index contributed by atoms with van der Waals surface area (Å²) in [5.74, 6) is -4.48. The van der Waals surface area contributed by atoms with Crippen molar-refractivity contribution in [2.45, 2.75) is 37.5 Å². The van der Waals surface area contributed by atoms with Crippen molar-refractivity contribution >= 4 is 41.3 Å². The Morgan fingerprint density at radius 1 is 0.923 bits per heavy atom. The summed E-state index contributed by atoms with van der Waals surface area (Å²) in [5, 5.41) is 12.9. The lowest BCUT2D eigenvalue weighted by atomic mass is 10.0. The molecule has 0 aliphatic heterocycles.